The van der Waals surface area contributed by atoms with Crippen LogP contribution in [0.3, 0.4) is 0 Å². The van der Waals surface area contributed by atoms with E-state index in [0.29, 0.717) is 0 Å². The number of ketones is 2. The van der Waals surface area contributed by atoms with Gasteiger partial charge in [-0.2, -0.15) is 8.78 Å². The third-order valence-corrected chi connectivity index (χ3v) is 5.34. The summed E-state index contributed by atoms with van der Waals surface area (Å²) in [5, 5.41) is 38.0. The highest BCUT2D eigenvalue weighted by molar-refractivity contribution is 6.33. The van der Waals surface area contributed by atoms with E-state index in [4.69, 9.17) is 10.4 Å². The number of nitrogens with one attached hydrogen (secondary N) is 2. The molecular formula is C20H22F2N4O6. The Morgan fingerprint density at radius 2 is 1.09 bits per heavy atom. The van der Waals surface area contributed by atoms with Crippen LogP contribution in [0.25, 0.3) is 0 Å². The number of rotatable bonds is 8. The summed E-state index contributed by atoms with van der Waals surface area (Å²) < 4.78 is 28.2. The standard InChI is InChI=1S/C20H22F2N4O6/c1-25(7-5-23-31)9-3-4-10(26(2)8-6-24-32)12-11(9)17(27)13-14(18(12)28)20(30)16(22)15(21)19(13)29/h3-4,23-24,29-32H,5-8H2,1-2H3. The maximum Gasteiger partial charge on any atom is 0.205 e. The molecule has 0 radical (unpaired) electrons. The lowest BCUT2D eigenvalue weighted by Crippen LogP contribution is -2.34. The zero-order valence-electron chi connectivity index (χ0n) is 17.2. The number of anilines is 2. The Hall–Kier alpha value is -3.32. The fourth-order valence-electron chi connectivity index (χ4n) is 3.71. The predicted octanol–water partition coefficient (Wildman–Crippen LogP) is 0.981. The third kappa shape index (κ3) is 3.62. The second kappa shape index (κ2) is 9.04. The second-order valence-electron chi connectivity index (χ2n) is 7.25. The van der Waals surface area contributed by atoms with E-state index < -0.39 is 45.8 Å². The molecule has 0 aromatic heterocycles. The minimum Gasteiger partial charge on any atom is -0.504 e. The van der Waals surface area contributed by atoms with E-state index in [1.165, 1.54) is 12.1 Å². The second-order valence-corrected chi connectivity index (χ2v) is 7.25. The van der Waals surface area contributed by atoms with Crippen molar-refractivity contribution in [2.75, 3.05) is 50.1 Å². The van der Waals surface area contributed by atoms with Crippen LogP contribution < -0.4 is 20.8 Å². The Balaban J connectivity index is 2.32. The van der Waals surface area contributed by atoms with Gasteiger partial charge in [-0.05, 0) is 12.1 Å². The van der Waals surface area contributed by atoms with Gasteiger partial charge in [0, 0.05) is 51.6 Å². The summed E-state index contributed by atoms with van der Waals surface area (Å²) in [6, 6.07) is 3.06. The van der Waals surface area contributed by atoms with Crippen LogP contribution in [0.5, 0.6) is 11.5 Å². The van der Waals surface area contributed by atoms with Gasteiger partial charge in [-0.25, -0.2) is 11.0 Å². The summed E-state index contributed by atoms with van der Waals surface area (Å²) in [7, 11) is 3.17. The van der Waals surface area contributed by atoms with E-state index >= 15 is 0 Å². The molecule has 3 rings (SSSR count). The smallest absolute Gasteiger partial charge is 0.205 e. The largest absolute Gasteiger partial charge is 0.504 e. The summed E-state index contributed by atoms with van der Waals surface area (Å²) in [5.74, 6) is -8.37. The van der Waals surface area contributed by atoms with Crippen molar-refractivity contribution in [3.05, 3.63) is 46.0 Å². The molecule has 6 N–H and O–H groups in total. The molecule has 0 fully saturated rings. The molecule has 0 bridgehead atoms. The van der Waals surface area contributed by atoms with Crippen LogP contribution in [-0.2, 0) is 0 Å². The molecule has 0 aliphatic heterocycles. The summed E-state index contributed by atoms with van der Waals surface area (Å²) in [4.78, 5) is 29.9. The first-order valence-corrected chi connectivity index (χ1v) is 9.52. The van der Waals surface area contributed by atoms with Gasteiger partial charge in [0.2, 0.25) is 23.2 Å². The van der Waals surface area contributed by atoms with Crippen molar-refractivity contribution in [3.63, 3.8) is 0 Å². The number of nitrogens with zero attached hydrogens (tertiary/aromatic N) is 2. The van der Waals surface area contributed by atoms with E-state index in [1.807, 2.05) is 11.0 Å². The van der Waals surface area contributed by atoms with Gasteiger partial charge in [0.15, 0.2) is 11.5 Å². The number of hydrogen-bond donors (Lipinski definition) is 6. The Labute approximate surface area is 181 Å². The molecule has 0 spiro atoms. The highest BCUT2D eigenvalue weighted by atomic mass is 19.2. The Bertz CT molecular complexity index is 1010. The van der Waals surface area contributed by atoms with Crippen molar-refractivity contribution >= 4 is 22.9 Å². The van der Waals surface area contributed by atoms with Crippen LogP contribution in [-0.4, -0.2) is 72.5 Å². The number of halogens is 2. The lowest BCUT2D eigenvalue weighted by molar-refractivity contribution is 0.0972. The Morgan fingerprint density at radius 1 is 0.750 bits per heavy atom. The molecule has 0 amide bonds. The van der Waals surface area contributed by atoms with Gasteiger partial charge in [0.05, 0.1) is 22.3 Å². The molecule has 12 heteroatoms. The number of aromatic hydroxyl groups is 2. The lowest BCUT2D eigenvalue weighted by atomic mass is 9.80. The average Bonchev–Trinajstić information content (AvgIpc) is 2.79. The maximum atomic E-state index is 14.1. The summed E-state index contributed by atoms with van der Waals surface area (Å²) in [6.45, 7) is 0.630. The van der Waals surface area contributed by atoms with E-state index in [-0.39, 0.29) is 48.7 Å². The normalized spacial score (nSPS) is 12.6. The number of carbonyl (C=O) groups excluding carboxylic acids is 2. The molecule has 32 heavy (non-hydrogen) atoms. The molecule has 0 atom stereocenters. The fraction of sp³-hybridized carbons (Fsp3) is 0.300. The maximum absolute atomic E-state index is 14.1. The molecule has 10 nitrogen and oxygen atoms in total. The molecule has 0 saturated heterocycles. The zero-order chi connectivity index (χ0) is 23.7. The summed E-state index contributed by atoms with van der Waals surface area (Å²) in [5.41, 5.74) is 2.41. The molecule has 172 valence electrons. The Kier molecular flexibility index (Phi) is 6.60. The van der Waals surface area contributed by atoms with Gasteiger partial charge in [-0.15, -0.1) is 0 Å². The van der Waals surface area contributed by atoms with Crippen molar-refractivity contribution in [2.24, 2.45) is 0 Å². The van der Waals surface area contributed by atoms with Crippen molar-refractivity contribution in [1.29, 1.82) is 0 Å². The van der Waals surface area contributed by atoms with E-state index in [9.17, 15) is 28.6 Å². The molecule has 2 aromatic rings. The molecule has 1 aliphatic rings. The van der Waals surface area contributed by atoms with Crippen LogP contribution in [0, 0.1) is 11.6 Å². The van der Waals surface area contributed by atoms with Crippen molar-refractivity contribution in [1.82, 2.24) is 11.0 Å². The SMILES string of the molecule is CN(CCNO)c1ccc(N(C)CCNO)c2c1C(=O)c1c(O)c(F)c(F)c(O)c1C2=O. The number of carbonyl (C=O) groups is 2. The van der Waals surface area contributed by atoms with Gasteiger partial charge in [0.25, 0.3) is 0 Å². The first kappa shape index (κ1) is 23.3. The first-order chi connectivity index (χ1) is 15.2. The van der Waals surface area contributed by atoms with E-state index in [1.54, 1.807) is 23.9 Å². The molecular weight excluding hydrogens is 430 g/mol. The third-order valence-electron chi connectivity index (χ3n) is 5.34. The van der Waals surface area contributed by atoms with E-state index in [2.05, 4.69) is 0 Å². The number of phenols is 2. The monoisotopic (exact) mass is 452 g/mol. The number of benzene rings is 2. The molecule has 0 heterocycles. The number of fused-ring (bicyclic) bond motifs is 2. The summed E-state index contributed by atoms with van der Waals surface area (Å²) >= 11 is 0. The van der Waals surface area contributed by atoms with Crippen LogP contribution in [0.4, 0.5) is 20.2 Å². The van der Waals surface area contributed by atoms with Gasteiger partial charge in [-0.1, -0.05) is 0 Å². The highest BCUT2D eigenvalue weighted by Gasteiger charge is 2.41. The quantitative estimate of drug-likeness (QED) is 0.216. The minimum atomic E-state index is -1.84. The van der Waals surface area contributed by atoms with Crippen LogP contribution in [0.1, 0.15) is 31.8 Å². The zero-order valence-corrected chi connectivity index (χ0v) is 17.2. The predicted molar refractivity (Wildman–Crippen MR) is 109 cm³/mol. The Morgan fingerprint density at radius 3 is 1.41 bits per heavy atom. The first-order valence-electron chi connectivity index (χ1n) is 9.52. The molecule has 0 unspecified atom stereocenters. The molecule has 2 aromatic carbocycles. The van der Waals surface area contributed by atoms with Gasteiger partial charge in [-0.3, -0.25) is 9.59 Å². The number of likely N-dealkylation sites (N-methyl/N-ethyl adjacent to an activating group) is 2. The fourth-order valence-corrected chi connectivity index (χ4v) is 3.71. The number of hydroxylamine groups is 2. The number of phenolic OH excluding ortho intramolecular Hbond substituents is 2. The van der Waals surface area contributed by atoms with Gasteiger partial charge >= 0.3 is 0 Å². The van der Waals surface area contributed by atoms with Crippen LogP contribution in [0.15, 0.2) is 12.1 Å². The van der Waals surface area contributed by atoms with Crippen LogP contribution in [0.2, 0.25) is 0 Å². The topological polar surface area (TPSA) is 146 Å². The number of hydrogen-bond acceptors (Lipinski definition) is 10. The van der Waals surface area contributed by atoms with Crippen molar-refractivity contribution in [3.8, 4) is 11.5 Å². The van der Waals surface area contributed by atoms with Gasteiger partial charge in [0.1, 0.15) is 0 Å². The van der Waals surface area contributed by atoms with Crippen molar-refractivity contribution < 1.29 is 39.0 Å². The van der Waals surface area contributed by atoms with Gasteiger partial charge < -0.3 is 30.4 Å². The van der Waals surface area contributed by atoms with E-state index in [0.717, 1.165) is 0 Å². The molecule has 1 aliphatic carbocycles. The molecule has 0 saturated carbocycles. The lowest BCUT2D eigenvalue weighted by Gasteiger charge is -2.31. The van der Waals surface area contributed by atoms with Crippen LogP contribution >= 0.6 is 0 Å². The highest BCUT2D eigenvalue weighted by Crippen LogP contribution is 2.45. The minimum absolute atomic E-state index is 0.111. The average molecular weight is 452 g/mol. The van der Waals surface area contributed by atoms with Crippen molar-refractivity contribution in [2.45, 2.75) is 0 Å². The summed E-state index contributed by atoms with van der Waals surface area (Å²) in [6.07, 6.45) is 0.